The summed E-state index contributed by atoms with van der Waals surface area (Å²) in [5, 5.41) is 10.4. The molecule has 0 bridgehead atoms. The van der Waals surface area contributed by atoms with Crippen LogP contribution in [0, 0.1) is 5.92 Å². The number of nitrogens with zero attached hydrogens (tertiary/aromatic N) is 1. The first-order valence-electron chi connectivity index (χ1n) is 9.88. The van der Waals surface area contributed by atoms with E-state index >= 15 is 0 Å². The van der Waals surface area contributed by atoms with E-state index in [2.05, 4.69) is 10.9 Å². The highest BCUT2D eigenvalue weighted by molar-refractivity contribution is 5.86. The summed E-state index contributed by atoms with van der Waals surface area (Å²) in [6.45, 7) is 1.20. The zero-order chi connectivity index (χ0) is 20.4. The molecule has 0 spiro atoms. The molecule has 2 aromatic carbocycles. The Hall–Kier alpha value is -2.61. The second-order valence-electron chi connectivity index (χ2n) is 7.48. The van der Waals surface area contributed by atoms with E-state index in [1.54, 1.807) is 26.4 Å². The summed E-state index contributed by atoms with van der Waals surface area (Å²) in [6, 6.07) is 14.4. The molecule has 2 fully saturated rings. The number of ether oxygens (including phenoxy) is 2. The fourth-order valence-corrected chi connectivity index (χ4v) is 4.57. The SMILES string of the molecule is COCCCN1C(=O)C2NNC(c3ccccc3O)C2C1c1cccc(OC)c1. The molecule has 0 radical (unpaired) electrons. The molecule has 7 nitrogen and oxygen atoms in total. The molecule has 3 N–H and O–H groups in total. The Balaban J connectivity index is 1.74. The number of hydrogen-bond donors (Lipinski definition) is 3. The lowest BCUT2D eigenvalue weighted by Gasteiger charge is -2.31. The number of para-hydroxylation sites is 1. The van der Waals surface area contributed by atoms with Crippen molar-refractivity contribution in [2.75, 3.05) is 27.4 Å². The molecule has 1 amide bonds. The second-order valence-corrected chi connectivity index (χ2v) is 7.48. The van der Waals surface area contributed by atoms with Gasteiger partial charge in [0, 0.05) is 31.7 Å². The molecule has 2 aliphatic heterocycles. The van der Waals surface area contributed by atoms with Crippen LogP contribution in [0.5, 0.6) is 11.5 Å². The smallest absolute Gasteiger partial charge is 0.242 e. The van der Waals surface area contributed by atoms with Crippen LogP contribution in [0.2, 0.25) is 0 Å². The van der Waals surface area contributed by atoms with E-state index in [-0.39, 0.29) is 35.7 Å². The van der Waals surface area contributed by atoms with E-state index < -0.39 is 0 Å². The molecule has 2 aliphatic rings. The van der Waals surface area contributed by atoms with E-state index in [9.17, 15) is 9.90 Å². The molecule has 0 aliphatic carbocycles. The van der Waals surface area contributed by atoms with Crippen molar-refractivity contribution >= 4 is 5.91 Å². The standard InChI is InChI=1S/C22H27N3O4/c1-28-12-6-11-25-21(14-7-5-8-15(13-14)29-2)18-19(23-24-20(18)22(25)27)16-9-3-4-10-17(16)26/h3-5,7-10,13,18-21,23-24,26H,6,11-12H2,1-2H3. The molecular weight excluding hydrogens is 370 g/mol. The number of fused-ring (bicyclic) bond motifs is 1. The topological polar surface area (TPSA) is 83.1 Å². The summed E-state index contributed by atoms with van der Waals surface area (Å²) in [5.74, 6) is 0.963. The highest BCUT2D eigenvalue weighted by atomic mass is 16.5. The van der Waals surface area contributed by atoms with Crippen LogP contribution in [0.4, 0.5) is 0 Å². The summed E-state index contributed by atoms with van der Waals surface area (Å²) >= 11 is 0. The summed E-state index contributed by atoms with van der Waals surface area (Å²) in [5.41, 5.74) is 8.23. The van der Waals surface area contributed by atoms with Crippen molar-refractivity contribution in [1.82, 2.24) is 15.8 Å². The fraction of sp³-hybridized carbons (Fsp3) is 0.409. The van der Waals surface area contributed by atoms with Crippen LogP contribution in [-0.2, 0) is 9.53 Å². The van der Waals surface area contributed by atoms with E-state index in [4.69, 9.17) is 9.47 Å². The van der Waals surface area contributed by atoms with Crippen LogP contribution in [0.1, 0.15) is 29.6 Å². The minimum atomic E-state index is -0.363. The summed E-state index contributed by atoms with van der Waals surface area (Å²) in [7, 11) is 3.31. The van der Waals surface area contributed by atoms with E-state index in [0.717, 1.165) is 23.3 Å². The number of amides is 1. The summed E-state index contributed by atoms with van der Waals surface area (Å²) in [4.78, 5) is 15.2. The van der Waals surface area contributed by atoms with Crippen molar-refractivity contribution in [3.05, 3.63) is 59.7 Å². The number of aromatic hydroxyl groups is 1. The maximum Gasteiger partial charge on any atom is 0.242 e. The number of methoxy groups -OCH3 is 2. The predicted octanol–water partition coefficient (Wildman–Crippen LogP) is 2.15. The van der Waals surface area contributed by atoms with Crippen LogP contribution < -0.4 is 15.6 Å². The van der Waals surface area contributed by atoms with Crippen LogP contribution in [-0.4, -0.2) is 49.3 Å². The molecule has 154 valence electrons. The molecular formula is C22H27N3O4. The molecule has 7 heteroatoms. The van der Waals surface area contributed by atoms with Crippen molar-refractivity contribution < 1.29 is 19.4 Å². The van der Waals surface area contributed by atoms with Crippen LogP contribution >= 0.6 is 0 Å². The van der Waals surface area contributed by atoms with Crippen molar-refractivity contribution in [2.24, 2.45) is 5.92 Å². The highest BCUT2D eigenvalue weighted by Gasteiger charge is 2.55. The minimum absolute atomic E-state index is 0.0596. The molecule has 4 rings (SSSR count). The Labute approximate surface area is 170 Å². The van der Waals surface area contributed by atoms with E-state index in [0.29, 0.717) is 13.2 Å². The normalized spacial score (nSPS) is 26.0. The molecule has 4 atom stereocenters. The maximum atomic E-state index is 13.3. The second kappa shape index (κ2) is 8.41. The third-order valence-corrected chi connectivity index (χ3v) is 5.87. The lowest BCUT2D eigenvalue weighted by Crippen LogP contribution is -2.41. The van der Waals surface area contributed by atoms with Crippen molar-refractivity contribution in [3.63, 3.8) is 0 Å². The molecule has 0 aromatic heterocycles. The number of hydrogen-bond acceptors (Lipinski definition) is 6. The molecule has 2 aromatic rings. The van der Waals surface area contributed by atoms with Gasteiger partial charge in [0.1, 0.15) is 17.5 Å². The fourth-order valence-electron chi connectivity index (χ4n) is 4.57. The Morgan fingerprint density at radius 3 is 2.62 bits per heavy atom. The lowest BCUT2D eigenvalue weighted by molar-refractivity contribution is -0.131. The zero-order valence-electron chi connectivity index (χ0n) is 16.7. The number of rotatable bonds is 7. The number of phenolic OH excluding ortho intramolecular Hbond substituents is 1. The van der Waals surface area contributed by atoms with Crippen LogP contribution in [0.25, 0.3) is 0 Å². The monoisotopic (exact) mass is 397 g/mol. The average Bonchev–Trinajstić information content (AvgIpc) is 3.28. The van der Waals surface area contributed by atoms with Crippen molar-refractivity contribution in [3.8, 4) is 11.5 Å². The molecule has 0 saturated carbocycles. The highest BCUT2D eigenvalue weighted by Crippen LogP contribution is 2.48. The Morgan fingerprint density at radius 1 is 1.07 bits per heavy atom. The van der Waals surface area contributed by atoms with Gasteiger partial charge in [0.05, 0.1) is 19.2 Å². The number of likely N-dealkylation sites (tertiary alicyclic amines) is 1. The Kier molecular flexibility index (Phi) is 5.71. The lowest BCUT2D eigenvalue weighted by atomic mass is 9.83. The van der Waals surface area contributed by atoms with Crippen LogP contribution in [0.3, 0.4) is 0 Å². The largest absolute Gasteiger partial charge is 0.508 e. The molecule has 2 heterocycles. The zero-order valence-corrected chi connectivity index (χ0v) is 16.7. The molecule has 2 saturated heterocycles. The van der Waals surface area contributed by atoms with Gasteiger partial charge in [-0.25, -0.2) is 10.9 Å². The number of carbonyl (C=O) groups excluding carboxylic acids is 1. The Bertz CT molecular complexity index is 875. The third kappa shape index (κ3) is 3.57. The van der Waals surface area contributed by atoms with Crippen molar-refractivity contribution in [1.29, 1.82) is 0 Å². The van der Waals surface area contributed by atoms with Gasteiger partial charge in [0.15, 0.2) is 0 Å². The van der Waals surface area contributed by atoms with Gasteiger partial charge in [-0.2, -0.15) is 0 Å². The summed E-state index contributed by atoms with van der Waals surface area (Å²) in [6.07, 6.45) is 0.761. The number of hydrazine groups is 1. The van der Waals surface area contributed by atoms with Gasteiger partial charge in [0.2, 0.25) is 5.91 Å². The van der Waals surface area contributed by atoms with Crippen LogP contribution in [0.15, 0.2) is 48.5 Å². The number of carbonyl (C=O) groups is 1. The number of phenols is 1. The quantitative estimate of drug-likeness (QED) is 0.621. The van der Waals surface area contributed by atoms with Gasteiger partial charge >= 0.3 is 0 Å². The molecule has 4 unspecified atom stereocenters. The average molecular weight is 397 g/mol. The Morgan fingerprint density at radius 2 is 1.86 bits per heavy atom. The van der Waals surface area contributed by atoms with Gasteiger partial charge in [-0.3, -0.25) is 4.79 Å². The van der Waals surface area contributed by atoms with E-state index in [1.807, 2.05) is 41.3 Å². The third-order valence-electron chi connectivity index (χ3n) is 5.87. The van der Waals surface area contributed by atoms with Crippen molar-refractivity contribution in [2.45, 2.75) is 24.5 Å². The van der Waals surface area contributed by atoms with E-state index in [1.165, 1.54) is 0 Å². The first kappa shape index (κ1) is 19.7. The number of nitrogens with one attached hydrogen (secondary N) is 2. The van der Waals surface area contributed by atoms with Gasteiger partial charge in [0.25, 0.3) is 0 Å². The van der Waals surface area contributed by atoms with Gasteiger partial charge in [-0.15, -0.1) is 0 Å². The number of benzene rings is 2. The summed E-state index contributed by atoms with van der Waals surface area (Å²) < 4.78 is 10.6. The molecule has 29 heavy (non-hydrogen) atoms. The maximum absolute atomic E-state index is 13.3. The van der Waals surface area contributed by atoms with Gasteiger partial charge in [-0.1, -0.05) is 30.3 Å². The van der Waals surface area contributed by atoms with Gasteiger partial charge in [-0.05, 0) is 30.2 Å². The first-order valence-corrected chi connectivity index (χ1v) is 9.88. The predicted molar refractivity (Wildman–Crippen MR) is 108 cm³/mol. The van der Waals surface area contributed by atoms with Gasteiger partial charge < -0.3 is 19.5 Å². The minimum Gasteiger partial charge on any atom is -0.508 e. The first-order chi connectivity index (χ1) is 14.2.